The van der Waals surface area contributed by atoms with Crippen LogP contribution in [0.2, 0.25) is 10.0 Å². The van der Waals surface area contributed by atoms with Crippen molar-refractivity contribution in [2.75, 3.05) is 33.2 Å². The maximum Gasteiger partial charge on any atom is 0.317 e. The number of pyridine rings is 1. The first-order chi connectivity index (χ1) is 22.0. The molecule has 0 radical (unpaired) electrons. The number of benzene rings is 2. The highest BCUT2D eigenvalue weighted by atomic mass is 35.5. The van der Waals surface area contributed by atoms with E-state index in [1.54, 1.807) is 30.5 Å². The Balaban J connectivity index is 1.33. The van der Waals surface area contributed by atoms with Crippen molar-refractivity contribution < 1.29 is 27.9 Å². The summed E-state index contributed by atoms with van der Waals surface area (Å²) < 4.78 is 37.0. The van der Waals surface area contributed by atoms with Gasteiger partial charge in [0, 0.05) is 53.7 Å². The van der Waals surface area contributed by atoms with Gasteiger partial charge in [0.05, 0.1) is 23.6 Å². The number of fused-ring (bicyclic) bond motifs is 1. The number of carboxylic acids is 1. The lowest BCUT2D eigenvalue weighted by atomic mass is 10.1. The largest absolute Gasteiger partial charge is 0.487 e. The molecule has 4 aromatic rings. The summed E-state index contributed by atoms with van der Waals surface area (Å²) in [6.07, 6.45) is 6.61. The second-order valence-electron chi connectivity index (χ2n) is 11.1. The molecule has 1 fully saturated rings. The number of aromatic nitrogens is 3. The van der Waals surface area contributed by atoms with Crippen LogP contribution in [0.4, 0.5) is 0 Å². The number of para-hydroxylation sites is 1. The third kappa shape index (κ3) is 7.29. The molecular formula is C31H34Cl2N6O6S. The van der Waals surface area contributed by atoms with Gasteiger partial charge in [-0.05, 0) is 57.5 Å². The lowest BCUT2D eigenvalue weighted by Crippen LogP contribution is -2.46. The summed E-state index contributed by atoms with van der Waals surface area (Å²) in [7, 11) is -2.51. The van der Waals surface area contributed by atoms with Crippen LogP contribution in [0.3, 0.4) is 0 Å². The number of imidazole rings is 1. The molecule has 1 aliphatic heterocycles. The zero-order valence-corrected chi connectivity index (χ0v) is 27.6. The van der Waals surface area contributed by atoms with Gasteiger partial charge in [-0.1, -0.05) is 35.3 Å². The molecule has 2 aromatic heterocycles. The lowest BCUT2D eigenvalue weighted by molar-refractivity contribution is -0.138. The van der Waals surface area contributed by atoms with Gasteiger partial charge in [-0.3, -0.25) is 14.5 Å². The summed E-state index contributed by atoms with van der Waals surface area (Å²) in [5, 5.41) is 12.7. The van der Waals surface area contributed by atoms with Gasteiger partial charge >= 0.3 is 5.97 Å². The number of aliphatic carboxylic acids is 1. The van der Waals surface area contributed by atoms with E-state index in [1.165, 1.54) is 16.4 Å². The number of sulfonamides is 1. The SMILES string of the molecule is Cc1cc(-n2ccnc2)c2cccc(OCc3c(Cl)ccc(S(=O)(=O)N4CCC[C@H]4C(=O)NCCCN(C)CC(=O)O)c3Cl)c2n1. The van der Waals surface area contributed by atoms with Crippen LogP contribution in [0, 0.1) is 6.92 Å². The average molecular weight is 690 g/mol. The zero-order chi connectivity index (χ0) is 33.0. The van der Waals surface area contributed by atoms with Crippen LogP contribution in [0.1, 0.15) is 30.5 Å². The van der Waals surface area contributed by atoms with Crippen LogP contribution in [-0.2, 0) is 26.2 Å². The summed E-state index contributed by atoms with van der Waals surface area (Å²) in [6.45, 7) is 2.55. The minimum absolute atomic E-state index is 0.0801. The molecule has 0 aliphatic carbocycles. The molecule has 0 saturated carbocycles. The summed E-state index contributed by atoms with van der Waals surface area (Å²) in [5.41, 5.74) is 2.55. The number of carbonyl (C=O) groups excluding carboxylic acids is 1. The number of nitrogens with one attached hydrogen (secondary N) is 1. The van der Waals surface area contributed by atoms with Crippen LogP contribution in [0.15, 0.2) is 60.0 Å². The Morgan fingerprint density at radius 3 is 2.76 bits per heavy atom. The van der Waals surface area contributed by atoms with Crippen molar-refractivity contribution in [3.8, 4) is 11.4 Å². The van der Waals surface area contributed by atoms with Gasteiger partial charge in [-0.25, -0.2) is 18.4 Å². The number of amides is 1. The minimum atomic E-state index is -4.18. The number of ether oxygens (including phenoxy) is 1. The Hall–Kier alpha value is -3.75. The van der Waals surface area contributed by atoms with Crippen LogP contribution in [-0.4, -0.2) is 88.4 Å². The molecule has 1 amide bonds. The average Bonchev–Trinajstić information content (AvgIpc) is 3.72. The number of carbonyl (C=O) groups is 2. The topological polar surface area (TPSA) is 147 Å². The van der Waals surface area contributed by atoms with E-state index < -0.39 is 27.9 Å². The molecule has 3 heterocycles. The molecule has 5 rings (SSSR count). The second-order valence-corrected chi connectivity index (χ2v) is 13.7. The minimum Gasteiger partial charge on any atom is -0.487 e. The molecule has 1 aliphatic rings. The smallest absolute Gasteiger partial charge is 0.317 e. The number of hydrogen-bond acceptors (Lipinski definition) is 8. The Morgan fingerprint density at radius 2 is 2.02 bits per heavy atom. The van der Waals surface area contributed by atoms with Crippen molar-refractivity contribution in [1.82, 2.24) is 29.1 Å². The standard InChI is InChI=1S/C31H34Cl2N6O6S/c1-20-16-25(38-15-12-34-19-38)21-6-3-8-26(30(21)36-20)45-18-22-23(32)9-10-27(29(22)33)46(43,44)39-14-4-7-24(39)31(42)35-11-5-13-37(2)17-28(40)41/h3,6,8-10,12,15-16,19,24H,4-5,7,11,13-14,17-18H2,1-2H3,(H,35,42)(H,40,41)/t24-/m0/s1. The van der Waals surface area contributed by atoms with Gasteiger partial charge in [0.2, 0.25) is 15.9 Å². The first-order valence-corrected chi connectivity index (χ1v) is 16.8. The van der Waals surface area contributed by atoms with Crippen molar-refractivity contribution in [3.63, 3.8) is 0 Å². The van der Waals surface area contributed by atoms with E-state index in [0.29, 0.717) is 37.1 Å². The van der Waals surface area contributed by atoms with E-state index in [-0.39, 0.29) is 46.7 Å². The third-order valence-electron chi connectivity index (χ3n) is 7.73. The van der Waals surface area contributed by atoms with Crippen molar-refractivity contribution in [3.05, 3.63) is 76.4 Å². The fraction of sp³-hybridized carbons (Fsp3) is 0.355. The molecule has 1 saturated heterocycles. The van der Waals surface area contributed by atoms with Gasteiger partial charge in [0.25, 0.3) is 0 Å². The molecule has 2 N–H and O–H groups in total. The van der Waals surface area contributed by atoms with Gasteiger partial charge in [0.15, 0.2) is 0 Å². The molecule has 244 valence electrons. The summed E-state index contributed by atoms with van der Waals surface area (Å²) in [4.78, 5) is 34.2. The Morgan fingerprint density at radius 1 is 1.22 bits per heavy atom. The van der Waals surface area contributed by atoms with E-state index in [2.05, 4.69) is 10.3 Å². The van der Waals surface area contributed by atoms with Crippen LogP contribution in [0.25, 0.3) is 16.6 Å². The summed E-state index contributed by atoms with van der Waals surface area (Å²) >= 11 is 13.2. The number of aryl methyl sites for hydroxylation is 1. The number of rotatable bonds is 13. The van der Waals surface area contributed by atoms with Gasteiger partial charge in [-0.15, -0.1) is 0 Å². The van der Waals surface area contributed by atoms with Crippen LogP contribution >= 0.6 is 23.2 Å². The van der Waals surface area contributed by atoms with Gasteiger partial charge < -0.3 is 19.7 Å². The highest BCUT2D eigenvalue weighted by Gasteiger charge is 2.40. The highest BCUT2D eigenvalue weighted by molar-refractivity contribution is 7.89. The van der Waals surface area contributed by atoms with Crippen molar-refractivity contribution in [2.24, 2.45) is 0 Å². The first-order valence-electron chi connectivity index (χ1n) is 14.7. The Kier molecular flexibility index (Phi) is 10.5. The van der Waals surface area contributed by atoms with Crippen molar-refractivity contribution in [1.29, 1.82) is 0 Å². The molecule has 2 aromatic carbocycles. The van der Waals surface area contributed by atoms with E-state index in [0.717, 1.165) is 16.8 Å². The van der Waals surface area contributed by atoms with E-state index in [9.17, 15) is 18.0 Å². The fourth-order valence-electron chi connectivity index (χ4n) is 5.52. The van der Waals surface area contributed by atoms with E-state index in [1.807, 2.05) is 35.9 Å². The van der Waals surface area contributed by atoms with Gasteiger partial charge in [0.1, 0.15) is 28.8 Å². The zero-order valence-electron chi connectivity index (χ0n) is 25.3. The molecule has 46 heavy (non-hydrogen) atoms. The second kappa shape index (κ2) is 14.3. The van der Waals surface area contributed by atoms with Crippen molar-refractivity contribution >= 4 is 56.0 Å². The third-order valence-corrected chi connectivity index (χ3v) is 10.6. The summed E-state index contributed by atoms with van der Waals surface area (Å²) in [5.74, 6) is -0.882. The number of carboxylic acid groups (broad SMARTS) is 1. The normalized spacial score (nSPS) is 15.5. The maximum atomic E-state index is 13.9. The molecule has 0 spiro atoms. The van der Waals surface area contributed by atoms with Gasteiger partial charge in [-0.2, -0.15) is 4.31 Å². The fourth-order valence-corrected chi connectivity index (χ4v) is 8.04. The van der Waals surface area contributed by atoms with Crippen molar-refractivity contribution in [2.45, 2.75) is 43.7 Å². The molecule has 1 atom stereocenters. The number of nitrogens with zero attached hydrogens (tertiary/aromatic N) is 5. The molecule has 0 bridgehead atoms. The quantitative estimate of drug-likeness (QED) is 0.196. The Bertz CT molecular complexity index is 1850. The van der Waals surface area contributed by atoms with E-state index in [4.69, 9.17) is 38.0 Å². The van der Waals surface area contributed by atoms with E-state index >= 15 is 0 Å². The van der Waals surface area contributed by atoms with Crippen LogP contribution < -0.4 is 10.1 Å². The predicted octanol–water partition coefficient (Wildman–Crippen LogP) is 4.29. The molecule has 12 nitrogen and oxygen atoms in total. The maximum absolute atomic E-state index is 13.9. The highest BCUT2D eigenvalue weighted by Crippen LogP contribution is 2.37. The Labute approximate surface area is 276 Å². The molecular weight excluding hydrogens is 655 g/mol. The number of hydrogen-bond donors (Lipinski definition) is 2. The molecule has 15 heteroatoms. The lowest BCUT2D eigenvalue weighted by Gasteiger charge is -2.25. The monoisotopic (exact) mass is 688 g/mol. The number of likely N-dealkylation sites (N-methyl/N-ethyl adjacent to an activating group) is 1. The number of halogens is 2. The summed E-state index contributed by atoms with van der Waals surface area (Å²) in [6, 6.07) is 9.39. The molecule has 0 unspecified atom stereocenters. The first kappa shape index (κ1) is 33.6. The van der Waals surface area contributed by atoms with Crippen LogP contribution in [0.5, 0.6) is 5.75 Å². The predicted molar refractivity (Wildman–Crippen MR) is 174 cm³/mol.